The van der Waals surface area contributed by atoms with Crippen molar-refractivity contribution in [3.05, 3.63) is 24.3 Å². The monoisotopic (exact) mass is 639 g/mol. The summed E-state index contributed by atoms with van der Waals surface area (Å²) < 4.78 is 6.70. The van der Waals surface area contributed by atoms with Crippen LogP contribution in [0.25, 0.3) is 0 Å². The molecule has 1 fully saturated rings. The number of benzene rings is 1. The van der Waals surface area contributed by atoms with Gasteiger partial charge in [-0.25, -0.2) is 0 Å². The number of para-hydroxylation sites is 2. The smallest absolute Gasteiger partial charge is 0.366 e. The largest absolute Gasteiger partial charge is 2.00 e. The van der Waals surface area contributed by atoms with Gasteiger partial charge in [-0.1, -0.05) is 76.5 Å². The minimum atomic E-state index is 0. The fourth-order valence-electron chi connectivity index (χ4n) is 2.89. The van der Waals surface area contributed by atoms with Crippen molar-refractivity contribution in [1.82, 2.24) is 10.2 Å². The molecule has 0 aliphatic carbocycles. The van der Waals surface area contributed by atoms with Gasteiger partial charge in [0.05, 0.1) is 18.1 Å². The first kappa shape index (κ1) is 37.5. The third kappa shape index (κ3) is 23.2. The predicted octanol–water partition coefficient (Wildman–Crippen LogP) is 6.49. The first-order chi connectivity index (χ1) is 16.0. The molecule has 1 heterocycles. The minimum Gasteiger partial charge on any atom is -0.366 e. The van der Waals surface area contributed by atoms with Crippen LogP contribution >= 0.6 is 74.5 Å². The fraction of sp³-hybridized carbons (Fsp3) is 0.609. The van der Waals surface area contributed by atoms with Gasteiger partial charge in [0.15, 0.2) is 0 Å². The van der Waals surface area contributed by atoms with Gasteiger partial charge in [-0.05, 0) is 49.8 Å². The van der Waals surface area contributed by atoms with Gasteiger partial charge in [0.2, 0.25) is 0 Å². The van der Waals surface area contributed by atoms with Crippen LogP contribution in [0.15, 0.2) is 24.3 Å². The van der Waals surface area contributed by atoms with Gasteiger partial charge in [-0.15, -0.1) is 37.9 Å². The number of nitrogens with one attached hydrogen (secondary N) is 3. The van der Waals surface area contributed by atoms with E-state index in [1.54, 1.807) is 0 Å². The van der Waals surface area contributed by atoms with Crippen LogP contribution in [-0.2, 0) is 21.5 Å². The summed E-state index contributed by atoms with van der Waals surface area (Å²) in [5.74, 6) is 1.29. The SMILES string of the molecule is C1CCNCOCC1.CC(C)CN(CC(C)C)C(=S)S.S=C(S)Nc1ccccc1NC(=S)S.[Co+2]. The van der Waals surface area contributed by atoms with E-state index in [0.29, 0.717) is 20.5 Å². The van der Waals surface area contributed by atoms with Crippen LogP contribution in [0.1, 0.15) is 47.0 Å². The van der Waals surface area contributed by atoms with Crippen molar-refractivity contribution in [2.24, 2.45) is 11.8 Å². The van der Waals surface area contributed by atoms with Crippen molar-refractivity contribution < 1.29 is 21.5 Å². The molecular formula is C23H40CoN4OS6+2. The Morgan fingerprint density at radius 3 is 1.80 bits per heavy atom. The molecule has 0 unspecified atom stereocenters. The van der Waals surface area contributed by atoms with Crippen molar-refractivity contribution in [1.29, 1.82) is 0 Å². The molecule has 35 heavy (non-hydrogen) atoms. The van der Waals surface area contributed by atoms with E-state index in [1.165, 1.54) is 19.3 Å². The number of thiocarbonyl (C=S) groups is 3. The Morgan fingerprint density at radius 2 is 1.40 bits per heavy atom. The zero-order valence-electron chi connectivity index (χ0n) is 20.9. The van der Waals surface area contributed by atoms with Crippen molar-refractivity contribution in [2.45, 2.75) is 47.0 Å². The van der Waals surface area contributed by atoms with E-state index in [2.05, 4.69) is 86.4 Å². The molecule has 3 N–H and O–H groups in total. The summed E-state index contributed by atoms with van der Waals surface area (Å²) in [6, 6.07) is 7.52. The molecule has 201 valence electrons. The number of rotatable bonds is 6. The summed E-state index contributed by atoms with van der Waals surface area (Å²) in [4.78, 5) is 2.16. The molecule has 0 saturated carbocycles. The molecule has 0 atom stereocenters. The van der Waals surface area contributed by atoms with Gasteiger partial charge in [0, 0.05) is 19.7 Å². The van der Waals surface area contributed by atoms with E-state index in [4.69, 9.17) is 41.4 Å². The van der Waals surface area contributed by atoms with Crippen LogP contribution in [0.2, 0.25) is 0 Å². The van der Waals surface area contributed by atoms with E-state index < -0.39 is 0 Å². The maximum absolute atomic E-state index is 5.16. The summed E-state index contributed by atoms with van der Waals surface area (Å²) in [5, 5.41) is 9.00. The summed E-state index contributed by atoms with van der Waals surface area (Å²) in [6.07, 6.45) is 3.86. The molecule has 1 saturated heterocycles. The molecule has 2 rings (SSSR count). The number of anilines is 2. The summed E-state index contributed by atoms with van der Waals surface area (Å²) in [6.45, 7) is 13.6. The number of hydrogen-bond acceptors (Lipinski definition) is 5. The first-order valence-electron chi connectivity index (χ1n) is 11.4. The van der Waals surface area contributed by atoms with Crippen molar-refractivity contribution >= 4 is 98.9 Å². The number of thiol groups is 3. The van der Waals surface area contributed by atoms with E-state index in [-0.39, 0.29) is 16.8 Å². The average molecular weight is 640 g/mol. The van der Waals surface area contributed by atoms with Crippen LogP contribution in [0, 0.1) is 11.8 Å². The fourth-order valence-corrected chi connectivity index (χ4v) is 3.66. The summed E-state index contributed by atoms with van der Waals surface area (Å²) >= 11 is 26.9. The second-order valence-electron chi connectivity index (χ2n) is 8.49. The minimum absolute atomic E-state index is 0. The Balaban J connectivity index is 0. The molecule has 1 aromatic rings. The van der Waals surface area contributed by atoms with E-state index in [9.17, 15) is 0 Å². The van der Waals surface area contributed by atoms with E-state index >= 15 is 0 Å². The van der Waals surface area contributed by atoms with Gasteiger partial charge < -0.3 is 20.3 Å². The number of hydrogen-bond donors (Lipinski definition) is 6. The van der Waals surface area contributed by atoms with Gasteiger partial charge >= 0.3 is 16.8 Å². The van der Waals surface area contributed by atoms with Gasteiger partial charge in [-0.2, -0.15) is 0 Å². The Hall–Kier alpha value is 0.366. The van der Waals surface area contributed by atoms with Crippen LogP contribution in [0.4, 0.5) is 11.4 Å². The maximum Gasteiger partial charge on any atom is 2.00 e. The first-order valence-corrected chi connectivity index (χ1v) is 13.9. The second-order valence-corrected chi connectivity index (χ2v) is 11.9. The zero-order valence-corrected chi connectivity index (χ0v) is 27.0. The Morgan fingerprint density at radius 1 is 0.914 bits per heavy atom. The quantitative estimate of drug-likeness (QED) is 0.156. The zero-order chi connectivity index (χ0) is 25.9. The standard InChI is InChI=1S/C9H19NS2.C8H8N2S4.C6H13NO.Co/c1-7(2)5-10(9(11)12)6-8(3)4;11-7(12)9-5-3-1-2-4-6(5)10-8(13)14;1-2-4-7-6-8-5-3-1;/h7-8H,5-6H2,1-4H3,(H,11,12);1-4H,(H2,9,11,12)(H2,10,13,14);7H,1-6H2;/q;;;+2. The average Bonchev–Trinajstić information content (AvgIpc) is 2.68. The van der Waals surface area contributed by atoms with Crippen molar-refractivity contribution in [3.8, 4) is 0 Å². The topological polar surface area (TPSA) is 48.6 Å². The number of ether oxygens (including phenoxy) is 1. The van der Waals surface area contributed by atoms with E-state index in [0.717, 1.165) is 48.7 Å². The third-order valence-corrected chi connectivity index (χ3v) is 5.17. The Kier molecular flexibility index (Phi) is 25.2. The molecule has 12 heteroatoms. The normalized spacial score (nSPS) is 12.9. The molecule has 1 radical (unpaired) electrons. The van der Waals surface area contributed by atoms with E-state index in [1.807, 2.05) is 24.3 Å². The molecule has 0 spiro atoms. The Labute approximate surface area is 255 Å². The van der Waals surface area contributed by atoms with Crippen molar-refractivity contribution in [2.75, 3.05) is 43.6 Å². The summed E-state index contributed by atoms with van der Waals surface area (Å²) in [5.41, 5.74) is 1.65. The van der Waals surface area contributed by atoms with Crippen LogP contribution in [-0.4, -0.2) is 50.8 Å². The van der Waals surface area contributed by atoms with Crippen LogP contribution < -0.4 is 16.0 Å². The van der Waals surface area contributed by atoms with Crippen LogP contribution in [0.3, 0.4) is 0 Å². The Bertz CT molecular complexity index is 671. The third-order valence-electron chi connectivity index (χ3n) is 4.20. The molecular weight excluding hydrogens is 600 g/mol. The molecule has 1 aromatic carbocycles. The van der Waals surface area contributed by atoms with Crippen LogP contribution in [0.5, 0.6) is 0 Å². The van der Waals surface area contributed by atoms with Gasteiger partial charge in [0.25, 0.3) is 0 Å². The predicted molar refractivity (Wildman–Crippen MR) is 172 cm³/mol. The van der Waals surface area contributed by atoms with Gasteiger partial charge in [-0.3, -0.25) is 5.32 Å². The maximum atomic E-state index is 5.16. The molecule has 1 aliphatic heterocycles. The summed E-state index contributed by atoms with van der Waals surface area (Å²) in [7, 11) is 0. The second kappa shape index (κ2) is 23.5. The molecule has 0 bridgehead atoms. The molecule has 0 amide bonds. The molecule has 5 nitrogen and oxygen atoms in total. The molecule has 1 aliphatic rings. The number of nitrogens with zero attached hydrogens (tertiary/aromatic N) is 1. The van der Waals surface area contributed by atoms with Gasteiger partial charge in [0.1, 0.15) is 13.0 Å². The molecule has 0 aromatic heterocycles. The van der Waals surface area contributed by atoms with Crippen molar-refractivity contribution in [3.63, 3.8) is 0 Å².